The number of carbonyl (C=O) groups is 1. The van der Waals surface area contributed by atoms with Gasteiger partial charge in [0.1, 0.15) is 10.7 Å². The van der Waals surface area contributed by atoms with Crippen LogP contribution in [0.2, 0.25) is 0 Å². The van der Waals surface area contributed by atoms with Crippen molar-refractivity contribution in [3.05, 3.63) is 22.1 Å². The molecule has 0 aliphatic carbocycles. The highest BCUT2D eigenvalue weighted by molar-refractivity contribution is 7.12. The van der Waals surface area contributed by atoms with Crippen molar-refractivity contribution in [2.24, 2.45) is 0 Å². The second kappa shape index (κ2) is 4.06. The van der Waals surface area contributed by atoms with Crippen LogP contribution in [0.3, 0.4) is 0 Å². The van der Waals surface area contributed by atoms with E-state index in [1.807, 2.05) is 0 Å². The van der Waals surface area contributed by atoms with E-state index >= 15 is 0 Å². The molecular weight excluding hydrogens is 203 g/mol. The molecule has 76 valence electrons. The molecule has 14 heavy (non-hydrogen) atoms. The summed E-state index contributed by atoms with van der Waals surface area (Å²) in [6.45, 7) is 2.91. The Labute approximate surface area is 85.5 Å². The molecule has 3 nitrogen and oxygen atoms in total. The lowest BCUT2D eigenvalue weighted by Gasteiger charge is -2.26. The minimum absolute atomic E-state index is 0.181. The van der Waals surface area contributed by atoms with E-state index in [4.69, 9.17) is 0 Å². The number of thiophene rings is 1. The molecule has 0 spiro atoms. The van der Waals surface area contributed by atoms with Gasteiger partial charge in [0.25, 0.3) is 5.91 Å². The first-order chi connectivity index (χ1) is 6.79. The molecule has 2 rings (SSSR count). The first kappa shape index (κ1) is 9.61. The number of rotatable bonds is 1. The van der Waals surface area contributed by atoms with E-state index in [0.29, 0.717) is 13.1 Å². The average molecular weight is 214 g/mol. The van der Waals surface area contributed by atoms with Gasteiger partial charge in [0.05, 0.1) is 0 Å². The molecule has 0 saturated carbocycles. The Morgan fingerprint density at radius 1 is 1.50 bits per heavy atom. The van der Waals surface area contributed by atoms with Crippen LogP contribution in [0.25, 0.3) is 0 Å². The van der Waals surface area contributed by atoms with Crippen LogP contribution in [0.4, 0.5) is 4.39 Å². The second-order valence-electron chi connectivity index (χ2n) is 3.14. The van der Waals surface area contributed by atoms with Gasteiger partial charge in [-0.1, -0.05) is 0 Å². The van der Waals surface area contributed by atoms with Crippen LogP contribution in [0.1, 0.15) is 9.67 Å². The molecule has 0 bridgehead atoms. The zero-order valence-electron chi connectivity index (χ0n) is 7.62. The van der Waals surface area contributed by atoms with Crippen LogP contribution < -0.4 is 5.32 Å². The largest absolute Gasteiger partial charge is 0.335 e. The molecule has 1 aromatic heterocycles. The lowest BCUT2D eigenvalue weighted by Crippen LogP contribution is -2.46. The molecule has 1 amide bonds. The predicted octanol–water partition coefficient (Wildman–Crippen LogP) is 0.933. The molecular formula is C9H11FN2OS. The second-order valence-corrected chi connectivity index (χ2v) is 4.06. The number of amides is 1. The van der Waals surface area contributed by atoms with E-state index < -0.39 is 5.82 Å². The molecule has 1 aliphatic heterocycles. The molecule has 1 aliphatic rings. The highest BCUT2D eigenvalue weighted by Crippen LogP contribution is 2.17. The summed E-state index contributed by atoms with van der Waals surface area (Å²) in [6.07, 6.45) is 0. The Bertz CT molecular complexity index is 333. The average Bonchev–Trinajstić information content (AvgIpc) is 2.65. The first-order valence-corrected chi connectivity index (χ1v) is 5.40. The third kappa shape index (κ3) is 1.78. The summed E-state index contributed by atoms with van der Waals surface area (Å²) >= 11 is 1.16. The maximum atomic E-state index is 13.1. The number of carbonyl (C=O) groups excluding carboxylic acids is 1. The standard InChI is InChI=1S/C9H11FN2OS/c10-7-1-6-14-8(7)9(13)12-4-2-11-3-5-12/h1,6,11H,2-5H2. The van der Waals surface area contributed by atoms with Crippen LogP contribution in [0, 0.1) is 5.82 Å². The van der Waals surface area contributed by atoms with Gasteiger partial charge in [-0.25, -0.2) is 4.39 Å². The Balaban J connectivity index is 2.11. The van der Waals surface area contributed by atoms with E-state index in [1.54, 1.807) is 10.3 Å². The molecule has 0 atom stereocenters. The maximum Gasteiger partial charge on any atom is 0.267 e. The van der Waals surface area contributed by atoms with Gasteiger partial charge in [-0.15, -0.1) is 11.3 Å². The minimum Gasteiger partial charge on any atom is -0.335 e. The fourth-order valence-corrected chi connectivity index (χ4v) is 2.19. The van der Waals surface area contributed by atoms with Gasteiger partial charge in [0, 0.05) is 26.2 Å². The maximum absolute atomic E-state index is 13.1. The number of hydrogen-bond donors (Lipinski definition) is 1. The topological polar surface area (TPSA) is 32.3 Å². The number of piperazine rings is 1. The molecule has 1 aromatic rings. The van der Waals surface area contributed by atoms with Crippen molar-refractivity contribution < 1.29 is 9.18 Å². The van der Waals surface area contributed by atoms with Gasteiger partial charge in [0.2, 0.25) is 0 Å². The lowest BCUT2D eigenvalue weighted by molar-refractivity contribution is 0.0736. The van der Waals surface area contributed by atoms with Crippen LogP contribution in [-0.4, -0.2) is 37.0 Å². The third-order valence-corrected chi connectivity index (χ3v) is 3.09. The van der Waals surface area contributed by atoms with E-state index in [-0.39, 0.29) is 10.8 Å². The molecule has 1 saturated heterocycles. The summed E-state index contributed by atoms with van der Waals surface area (Å²) in [5.74, 6) is -0.586. The summed E-state index contributed by atoms with van der Waals surface area (Å²) < 4.78 is 13.1. The fourth-order valence-electron chi connectivity index (χ4n) is 1.46. The Kier molecular flexibility index (Phi) is 2.79. The zero-order valence-corrected chi connectivity index (χ0v) is 8.44. The molecule has 1 fully saturated rings. The van der Waals surface area contributed by atoms with E-state index in [0.717, 1.165) is 24.4 Å². The first-order valence-electron chi connectivity index (χ1n) is 4.52. The van der Waals surface area contributed by atoms with Gasteiger partial charge in [-0.2, -0.15) is 0 Å². The van der Waals surface area contributed by atoms with E-state index in [2.05, 4.69) is 5.32 Å². The molecule has 2 heterocycles. The highest BCUT2D eigenvalue weighted by atomic mass is 32.1. The van der Waals surface area contributed by atoms with Gasteiger partial charge in [0.15, 0.2) is 0 Å². The molecule has 0 unspecified atom stereocenters. The molecule has 5 heteroatoms. The van der Waals surface area contributed by atoms with Gasteiger partial charge < -0.3 is 10.2 Å². The van der Waals surface area contributed by atoms with Gasteiger partial charge in [-0.3, -0.25) is 4.79 Å². The zero-order chi connectivity index (χ0) is 9.97. The smallest absolute Gasteiger partial charge is 0.267 e. The van der Waals surface area contributed by atoms with Crippen LogP contribution in [-0.2, 0) is 0 Å². The lowest BCUT2D eigenvalue weighted by atomic mass is 10.3. The quantitative estimate of drug-likeness (QED) is 0.754. The van der Waals surface area contributed by atoms with Crippen molar-refractivity contribution in [2.75, 3.05) is 26.2 Å². The van der Waals surface area contributed by atoms with Crippen LogP contribution in [0.5, 0.6) is 0 Å². The van der Waals surface area contributed by atoms with Crippen molar-refractivity contribution in [1.82, 2.24) is 10.2 Å². The summed E-state index contributed by atoms with van der Waals surface area (Å²) in [4.78, 5) is 13.7. The van der Waals surface area contributed by atoms with Crippen molar-refractivity contribution in [3.8, 4) is 0 Å². The third-order valence-electron chi connectivity index (χ3n) is 2.22. The number of hydrogen-bond acceptors (Lipinski definition) is 3. The molecule has 1 N–H and O–H groups in total. The summed E-state index contributed by atoms with van der Waals surface area (Å²) in [5, 5.41) is 4.75. The summed E-state index contributed by atoms with van der Waals surface area (Å²) in [5.41, 5.74) is 0. The van der Waals surface area contributed by atoms with Gasteiger partial charge >= 0.3 is 0 Å². The number of halogens is 1. The van der Waals surface area contributed by atoms with Crippen LogP contribution >= 0.6 is 11.3 Å². The predicted molar refractivity (Wildman–Crippen MR) is 53.1 cm³/mol. The van der Waals surface area contributed by atoms with Crippen molar-refractivity contribution in [2.45, 2.75) is 0 Å². The van der Waals surface area contributed by atoms with Crippen LogP contribution in [0.15, 0.2) is 11.4 Å². The SMILES string of the molecule is O=C(c1sccc1F)N1CCNCC1. The van der Waals surface area contributed by atoms with Gasteiger partial charge in [-0.05, 0) is 11.4 Å². The van der Waals surface area contributed by atoms with E-state index in [9.17, 15) is 9.18 Å². The Morgan fingerprint density at radius 2 is 2.21 bits per heavy atom. The van der Waals surface area contributed by atoms with E-state index in [1.165, 1.54) is 6.07 Å². The Hall–Kier alpha value is -0.940. The highest BCUT2D eigenvalue weighted by Gasteiger charge is 2.21. The normalized spacial score (nSPS) is 17.1. The van der Waals surface area contributed by atoms with Crippen molar-refractivity contribution in [1.29, 1.82) is 0 Å². The minimum atomic E-state index is -0.404. The molecule has 0 aromatic carbocycles. The van der Waals surface area contributed by atoms with Crippen molar-refractivity contribution in [3.63, 3.8) is 0 Å². The number of nitrogens with one attached hydrogen (secondary N) is 1. The summed E-state index contributed by atoms with van der Waals surface area (Å²) in [6, 6.07) is 1.33. The number of nitrogens with zero attached hydrogens (tertiary/aromatic N) is 1. The summed E-state index contributed by atoms with van der Waals surface area (Å²) in [7, 11) is 0. The fraction of sp³-hybridized carbons (Fsp3) is 0.444. The van der Waals surface area contributed by atoms with Crippen molar-refractivity contribution >= 4 is 17.2 Å². The monoisotopic (exact) mass is 214 g/mol. The molecule has 0 radical (unpaired) electrons. The Morgan fingerprint density at radius 3 is 2.79 bits per heavy atom.